The summed E-state index contributed by atoms with van der Waals surface area (Å²) < 4.78 is 14.3. The van der Waals surface area contributed by atoms with Gasteiger partial charge in [0.25, 0.3) is 0 Å². The normalized spacial score (nSPS) is 12.5. The van der Waals surface area contributed by atoms with Crippen LogP contribution >= 0.6 is 11.6 Å². The van der Waals surface area contributed by atoms with E-state index in [1.165, 1.54) is 6.07 Å². The largest absolute Gasteiger partial charge is 0.377 e. The van der Waals surface area contributed by atoms with Crippen LogP contribution in [0.4, 0.5) is 10.1 Å². The first kappa shape index (κ1) is 23.7. The highest BCUT2D eigenvalue weighted by Gasteiger charge is 2.23. The molecule has 1 unspecified atom stereocenters. The number of halogens is 2. The van der Waals surface area contributed by atoms with E-state index in [1.54, 1.807) is 18.3 Å². The summed E-state index contributed by atoms with van der Waals surface area (Å²) in [6, 6.07) is 20.5. The molecule has 4 rings (SSSR count). The van der Waals surface area contributed by atoms with Gasteiger partial charge in [0.2, 0.25) is 5.91 Å². The van der Waals surface area contributed by atoms with Gasteiger partial charge in [-0.05, 0) is 47.2 Å². The second-order valence-electron chi connectivity index (χ2n) is 9.20. The summed E-state index contributed by atoms with van der Waals surface area (Å²) in [6.45, 7) is 5.91. The Labute approximate surface area is 204 Å². The van der Waals surface area contributed by atoms with Crippen LogP contribution in [0.1, 0.15) is 44.4 Å². The molecule has 1 heterocycles. The summed E-state index contributed by atoms with van der Waals surface area (Å²) in [4.78, 5) is 15.9. The first-order valence-electron chi connectivity index (χ1n) is 11.1. The molecule has 174 valence electrons. The Bertz CT molecular complexity index is 1350. The molecule has 0 aliphatic carbocycles. The van der Waals surface area contributed by atoms with Crippen molar-refractivity contribution in [2.75, 3.05) is 5.32 Å². The maximum absolute atomic E-state index is 14.3. The second-order valence-corrected chi connectivity index (χ2v) is 9.61. The summed E-state index contributed by atoms with van der Waals surface area (Å²) in [5.74, 6) is -0.588. The molecule has 1 atom stereocenters. The molecule has 0 saturated heterocycles. The molecule has 0 radical (unpaired) electrons. The Morgan fingerprint density at radius 3 is 2.44 bits per heavy atom. The van der Waals surface area contributed by atoms with Crippen molar-refractivity contribution >= 4 is 34.1 Å². The number of nitrogens with one attached hydrogen (secondary N) is 1. The minimum atomic E-state index is -0.342. The van der Waals surface area contributed by atoms with Crippen molar-refractivity contribution in [2.45, 2.75) is 38.6 Å². The Hall–Kier alpha value is -3.44. The maximum atomic E-state index is 14.3. The van der Waals surface area contributed by atoms with Crippen molar-refractivity contribution in [2.24, 2.45) is 5.73 Å². The quantitative estimate of drug-likeness (QED) is 0.301. The number of primary amides is 1. The number of carbonyl (C=O) groups excluding carboxylic acids is 1. The zero-order valence-electron chi connectivity index (χ0n) is 19.4. The van der Waals surface area contributed by atoms with Crippen molar-refractivity contribution in [1.82, 2.24) is 4.98 Å². The van der Waals surface area contributed by atoms with Gasteiger partial charge in [0, 0.05) is 23.6 Å². The molecular formula is C28H27ClFN3O. The van der Waals surface area contributed by atoms with Crippen LogP contribution < -0.4 is 11.1 Å². The van der Waals surface area contributed by atoms with Gasteiger partial charge in [-0.1, -0.05) is 74.0 Å². The lowest BCUT2D eigenvalue weighted by Crippen LogP contribution is -2.26. The SMILES string of the molecule is CC(Nc1c(Cl)cnc2ccc(-c3ccc(C(C)(C)CC(N)=O)cc3)cc12)c1ccccc1F. The first-order valence-corrected chi connectivity index (χ1v) is 11.5. The third kappa shape index (κ3) is 4.90. The molecule has 3 N–H and O–H groups in total. The molecule has 34 heavy (non-hydrogen) atoms. The van der Waals surface area contributed by atoms with Gasteiger partial charge in [-0.25, -0.2) is 4.39 Å². The van der Waals surface area contributed by atoms with E-state index in [0.717, 1.165) is 27.6 Å². The van der Waals surface area contributed by atoms with Gasteiger partial charge in [0.15, 0.2) is 0 Å². The molecule has 0 spiro atoms. The summed E-state index contributed by atoms with van der Waals surface area (Å²) in [7, 11) is 0. The number of benzene rings is 3. The Kier molecular flexibility index (Phi) is 6.58. The van der Waals surface area contributed by atoms with E-state index in [0.29, 0.717) is 16.3 Å². The van der Waals surface area contributed by atoms with Crippen molar-refractivity contribution in [3.8, 4) is 11.1 Å². The average Bonchev–Trinajstić information content (AvgIpc) is 2.80. The van der Waals surface area contributed by atoms with E-state index in [9.17, 15) is 9.18 Å². The van der Waals surface area contributed by atoms with Crippen molar-refractivity contribution in [3.63, 3.8) is 0 Å². The smallest absolute Gasteiger partial charge is 0.218 e. The topological polar surface area (TPSA) is 68.0 Å². The molecule has 0 aliphatic heterocycles. The number of amides is 1. The fourth-order valence-electron chi connectivity index (χ4n) is 4.27. The van der Waals surface area contributed by atoms with Gasteiger partial charge >= 0.3 is 0 Å². The number of hydrogen-bond donors (Lipinski definition) is 2. The van der Waals surface area contributed by atoms with Gasteiger partial charge in [-0.3, -0.25) is 9.78 Å². The van der Waals surface area contributed by atoms with Gasteiger partial charge in [0.1, 0.15) is 5.82 Å². The molecule has 1 aromatic heterocycles. The highest BCUT2D eigenvalue weighted by atomic mass is 35.5. The predicted molar refractivity (Wildman–Crippen MR) is 137 cm³/mol. The van der Waals surface area contributed by atoms with Crippen molar-refractivity contribution in [3.05, 3.63) is 94.9 Å². The number of fused-ring (bicyclic) bond motifs is 1. The lowest BCUT2D eigenvalue weighted by molar-refractivity contribution is -0.119. The first-order chi connectivity index (χ1) is 16.2. The summed E-state index contributed by atoms with van der Waals surface area (Å²) in [5.41, 5.74) is 10.2. The Morgan fingerprint density at radius 2 is 1.76 bits per heavy atom. The zero-order chi connectivity index (χ0) is 24.5. The third-order valence-electron chi connectivity index (χ3n) is 6.17. The molecule has 6 heteroatoms. The number of nitrogens with two attached hydrogens (primary N) is 1. The lowest BCUT2D eigenvalue weighted by atomic mass is 9.81. The van der Waals surface area contributed by atoms with Gasteiger partial charge in [0.05, 0.1) is 22.3 Å². The van der Waals surface area contributed by atoms with Crippen LogP contribution in [-0.2, 0) is 10.2 Å². The van der Waals surface area contributed by atoms with E-state index in [2.05, 4.69) is 10.3 Å². The van der Waals surface area contributed by atoms with E-state index in [1.807, 2.05) is 69.3 Å². The fourth-order valence-corrected chi connectivity index (χ4v) is 4.47. The zero-order valence-corrected chi connectivity index (χ0v) is 20.2. The predicted octanol–water partition coefficient (Wildman–Crippen LogP) is 7.02. The minimum Gasteiger partial charge on any atom is -0.377 e. The lowest BCUT2D eigenvalue weighted by Gasteiger charge is -2.24. The molecule has 0 fully saturated rings. The molecule has 0 bridgehead atoms. The number of carbonyl (C=O) groups is 1. The summed E-state index contributed by atoms with van der Waals surface area (Å²) in [5, 5.41) is 4.70. The van der Waals surface area contributed by atoms with E-state index >= 15 is 0 Å². The number of pyridine rings is 1. The summed E-state index contributed by atoms with van der Waals surface area (Å²) >= 11 is 6.53. The number of anilines is 1. The summed E-state index contributed by atoms with van der Waals surface area (Å²) in [6.07, 6.45) is 1.89. The van der Waals surface area contributed by atoms with Gasteiger partial charge in [-0.15, -0.1) is 0 Å². The highest BCUT2D eigenvalue weighted by Crippen LogP contribution is 2.36. The Balaban J connectivity index is 1.70. The van der Waals surface area contributed by atoms with E-state index in [4.69, 9.17) is 17.3 Å². The fraction of sp³-hybridized carbons (Fsp3) is 0.214. The van der Waals surface area contributed by atoms with Crippen LogP contribution in [0.3, 0.4) is 0 Å². The molecule has 3 aromatic carbocycles. The van der Waals surface area contributed by atoms with Crippen molar-refractivity contribution < 1.29 is 9.18 Å². The number of nitrogens with zero attached hydrogens (tertiary/aromatic N) is 1. The highest BCUT2D eigenvalue weighted by molar-refractivity contribution is 6.34. The molecule has 4 nitrogen and oxygen atoms in total. The monoisotopic (exact) mass is 475 g/mol. The molecule has 4 aromatic rings. The van der Waals surface area contributed by atoms with E-state index in [-0.39, 0.29) is 29.6 Å². The van der Waals surface area contributed by atoms with Crippen LogP contribution in [0.5, 0.6) is 0 Å². The molecule has 0 saturated carbocycles. The molecule has 0 aliphatic rings. The number of aromatic nitrogens is 1. The van der Waals surface area contributed by atoms with Crippen LogP contribution in [0.2, 0.25) is 5.02 Å². The second kappa shape index (κ2) is 9.43. The maximum Gasteiger partial charge on any atom is 0.218 e. The van der Waals surface area contributed by atoms with Crippen LogP contribution in [0, 0.1) is 5.82 Å². The molecule has 1 amide bonds. The average molecular weight is 476 g/mol. The molecular weight excluding hydrogens is 449 g/mol. The van der Waals surface area contributed by atoms with Crippen LogP contribution in [0.25, 0.3) is 22.0 Å². The number of rotatable bonds is 7. The van der Waals surface area contributed by atoms with Gasteiger partial charge in [-0.2, -0.15) is 0 Å². The third-order valence-corrected chi connectivity index (χ3v) is 6.46. The van der Waals surface area contributed by atoms with Crippen LogP contribution in [-0.4, -0.2) is 10.9 Å². The van der Waals surface area contributed by atoms with Gasteiger partial charge < -0.3 is 11.1 Å². The van der Waals surface area contributed by atoms with Crippen molar-refractivity contribution in [1.29, 1.82) is 0 Å². The van der Waals surface area contributed by atoms with Crippen LogP contribution in [0.15, 0.2) is 72.9 Å². The minimum absolute atomic E-state index is 0.267. The standard InChI is InChI=1S/C28H27ClFN3O/c1-17(21-6-4-5-7-24(21)30)33-27-22-14-19(10-13-25(22)32-16-23(27)29)18-8-11-20(12-9-18)28(2,3)15-26(31)34/h4-14,16-17H,15H2,1-3H3,(H2,31,34)(H,32,33). The van der Waals surface area contributed by atoms with E-state index < -0.39 is 0 Å². The number of hydrogen-bond acceptors (Lipinski definition) is 3. The Morgan fingerprint density at radius 1 is 1.09 bits per heavy atom.